The summed E-state index contributed by atoms with van der Waals surface area (Å²) in [6.07, 6.45) is 0. The van der Waals surface area contributed by atoms with E-state index in [0.717, 1.165) is 15.9 Å². The van der Waals surface area contributed by atoms with Crippen molar-refractivity contribution in [1.29, 1.82) is 0 Å². The first-order valence-electron chi connectivity index (χ1n) is 4.74. The van der Waals surface area contributed by atoms with Gasteiger partial charge in [0, 0.05) is 17.3 Å². The van der Waals surface area contributed by atoms with Crippen LogP contribution in [0.25, 0.3) is 0 Å². The summed E-state index contributed by atoms with van der Waals surface area (Å²) in [5.41, 5.74) is 1.61. The van der Waals surface area contributed by atoms with Crippen molar-refractivity contribution in [2.45, 2.75) is 26.1 Å². The molecule has 1 heterocycles. The summed E-state index contributed by atoms with van der Waals surface area (Å²) in [5, 5.41) is 12.8. The molecule has 0 spiro atoms. The molecule has 16 heavy (non-hydrogen) atoms. The molecule has 0 radical (unpaired) electrons. The third kappa shape index (κ3) is 3.15. The monoisotopic (exact) mass is 308 g/mol. The minimum Gasteiger partial charge on any atom is -0.481 e. The molecule has 0 aromatic carbocycles. The van der Waals surface area contributed by atoms with Gasteiger partial charge in [0.2, 0.25) is 0 Å². The van der Waals surface area contributed by atoms with Crippen molar-refractivity contribution in [3.8, 4) is 0 Å². The second kappa shape index (κ2) is 5.58. The lowest BCUT2D eigenvalue weighted by Gasteiger charge is -2.04. The van der Waals surface area contributed by atoms with Gasteiger partial charge in [-0.05, 0) is 29.8 Å². The molecule has 0 saturated heterocycles. The summed E-state index contributed by atoms with van der Waals surface area (Å²) in [7, 11) is -1.40. The quantitative estimate of drug-likeness (QED) is 0.890. The number of carboxylic acid groups (broad SMARTS) is 1. The van der Waals surface area contributed by atoms with Crippen LogP contribution in [0, 0.1) is 6.92 Å². The largest absolute Gasteiger partial charge is 0.481 e. The van der Waals surface area contributed by atoms with Crippen LogP contribution in [-0.2, 0) is 27.9 Å². The molecule has 0 fully saturated rings. The first-order valence-corrected chi connectivity index (χ1v) is 7.02. The van der Waals surface area contributed by atoms with Gasteiger partial charge in [0.05, 0.1) is 21.6 Å². The Balaban J connectivity index is 2.87. The normalized spacial score (nSPS) is 12.7. The topological polar surface area (TPSA) is 72.2 Å². The van der Waals surface area contributed by atoms with Gasteiger partial charge in [-0.25, -0.2) is 0 Å². The van der Waals surface area contributed by atoms with Crippen LogP contribution < -0.4 is 0 Å². The summed E-state index contributed by atoms with van der Waals surface area (Å²) in [6.45, 7) is 4.45. The van der Waals surface area contributed by atoms with Crippen LogP contribution in [0.1, 0.15) is 18.3 Å². The highest BCUT2D eigenvalue weighted by atomic mass is 79.9. The van der Waals surface area contributed by atoms with Crippen molar-refractivity contribution in [3.63, 3.8) is 0 Å². The predicted octanol–water partition coefficient (Wildman–Crippen LogP) is 1.31. The zero-order valence-electron chi connectivity index (χ0n) is 9.07. The molecule has 0 aliphatic heterocycles. The standard InChI is InChI=1S/C9H13BrN2O3S/c1-3-12-7(9(10)6(2)11-12)4-16(15)5-8(13)14/h3-5H2,1-2H3,(H,13,14). The van der Waals surface area contributed by atoms with E-state index < -0.39 is 16.8 Å². The smallest absolute Gasteiger partial charge is 0.316 e. The summed E-state index contributed by atoms with van der Waals surface area (Å²) in [5.74, 6) is -1.17. The molecule has 0 aliphatic carbocycles. The number of carbonyl (C=O) groups is 1. The van der Waals surface area contributed by atoms with Crippen molar-refractivity contribution in [2.24, 2.45) is 0 Å². The molecular formula is C9H13BrN2O3S. The Hall–Kier alpha value is -0.690. The Morgan fingerprint density at radius 3 is 2.75 bits per heavy atom. The van der Waals surface area contributed by atoms with Crippen LogP contribution in [-0.4, -0.2) is 30.8 Å². The van der Waals surface area contributed by atoms with E-state index in [4.69, 9.17) is 5.11 Å². The fourth-order valence-corrected chi connectivity index (χ4v) is 2.93. The second-order valence-corrected chi connectivity index (χ2v) is 5.53. The molecule has 0 saturated carbocycles. The maximum Gasteiger partial charge on any atom is 0.316 e. The maximum atomic E-state index is 11.5. The van der Waals surface area contributed by atoms with Gasteiger partial charge in [0.25, 0.3) is 0 Å². The van der Waals surface area contributed by atoms with Crippen LogP contribution >= 0.6 is 15.9 Å². The first-order chi connectivity index (χ1) is 7.45. The number of aromatic nitrogens is 2. The number of aliphatic carboxylic acids is 1. The molecule has 1 aromatic rings. The number of halogens is 1. The average Bonchev–Trinajstić information content (AvgIpc) is 2.44. The second-order valence-electron chi connectivity index (χ2n) is 3.28. The summed E-state index contributed by atoms with van der Waals surface area (Å²) < 4.78 is 14.1. The first kappa shape index (κ1) is 13.4. The molecule has 5 nitrogen and oxygen atoms in total. The van der Waals surface area contributed by atoms with Crippen LogP contribution in [0.5, 0.6) is 0 Å². The van der Waals surface area contributed by atoms with E-state index in [-0.39, 0.29) is 11.5 Å². The van der Waals surface area contributed by atoms with Crippen molar-refractivity contribution in [2.75, 3.05) is 5.75 Å². The van der Waals surface area contributed by atoms with E-state index >= 15 is 0 Å². The Morgan fingerprint density at radius 1 is 1.62 bits per heavy atom. The Bertz CT molecular complexity index is 431. The van der Waals surface area contributed by atoms with Gasteiger partial charge in [-0.2, -0.15) is 5.10 Å². The third-order valence-corrected chi connectivity index (χ3v) is 4.23. The van der Waals surface area contributed by atoms with E-state index in [9.17, 15) is 9.00 Å². The van der Waals surface area contributed by atoms with Gasteiger partial charge in [-0.1, -0.05) is 0 Å². The number of aryl methyl sites for hydroxylation is 2. The highest BCUT2D eigenvalue weighted by Crippen LogP contribution is 2.22. The highest BCUT2D eigenvalue weighted by molar-refractivity contribution is 9.10. The summed E-state index contributed by atoms with van der Waals surface area (Å²) in [4.78, 5) is 10.4. The van der Waals surface area contributed by atoms with E-state index in [2.05, 4.69) is 21.0 Å². The fraction of sp³-hybridized carbons (Fsp3) is 0.556. The van der Waals surface area contributed by atoms with Crippen molar-refractivity contribution >= 4 is 32.7 Å². The number of hydrogen-bond acceptors (Lipinski definition) is 3. The molecule has 90 valence electrons. The average molecular weight is 309 g/mol. The minimum atomic E-state index is -1.40. The van der Waals surface area contributed by atoms with Crippen molar-refractivity contribution in [1.82, 2.24) is 9.78 Å². The molecule has 1 unspecified atom stereocenters. The zero-order valence-corrected chi connectivity index (χ0v) is 11.5. The van der Waals surface area contributed by atoms with Gasteiger partial charge in [0.1, 0.15) is 5.75 Å². The lowest BCUT2D eigenvalue weighted by molar-refractivity contribution is -0.133. The highest BCUT2D eigenvalue weighted by Gasteiger charge is 2.16. The van der Waals surface area contributed by atoms with Crippen molar-refractivity contribution in [3.05, 3.63) is 15.9 Å². The molecule has 1 aromatic heterocycles. The molecule has 1 N–H and O–H groups in total. The molecule has 1 rings (SSSR count). The van der Waals surface area contributed by atoms with Crippen LogP contribution in [0.3, 0.4) is 0 Å². The van der Waals surface area contributed by atoms with Gasteiger partial charge in [-0.3, -0.25) is 13.7 Å². The zero-order chi connectivity index (χ0) is 12.3. The van der Waals surface area contributed by atoms with Crippen LogP contribution in [0.4, 0.5) is 0 Å². The summed E-state index contributed by atoms with van der Waals surface area (Å²) >= 11 is 3.37. The van der Waals surface area contributed by atoms with E-state index in [0.29, 0.717) is 6.54 Å². The fourth-order valence-electron chi connectivity index (χ4n) is 1.35. The number of rotatable bonds is 5. The number of nitrogens with zero attached hydrogens (tertiary/aromatic N) is 2. The molecule has 1 atom stereocenters. The van der Waals surface area contributed by atoms with Gasteiger partial charge >= 0.3 is 5.97 Å². The number of hydrogen-bond donors (Lipinski definition) is 1. The molecular weight excluding hydrogens is 296 g/mol. The van der Waals surface area contributed by atoms with Gasteiger partial charge in [-0.15, -0.1) is 0 Å². The van der Waals surface area contributed by atoms with E-state index in [1.165, 1.54) is 0 Å². The Morgan fingerprint density at radius 2 is 2.25 bits per heavy atom. The minimum absolute atomic E-state index is 0.210. The SMILES string of the molecule is CCn1nc(C)c(Br)c1CS(=O)CC(=O)O. The van der Waals surface area contributed by atoms with Gasteiger partial charge in [0.15, 0.2) is 0 Å². The summed E-state index contributed by atoms with van der Waals surface area (Å²) in [6, 6.07) is 0. The lowest BCUT2D eigenvalue weighted by Crippen LogP contribution is -2.13. The van der Waals surface area contributed by atoms with Crippen molar-refractivity contribution < 1.29 is 14.1 Å². The Kier molecular flexibility index (Phi) is 4.67. The Labute approximate surface area is 104 Å². The number of carboxylic acids is 1. The van der Waals surface area contributed by atoms with Gasteiger partial charge < -0.3 is 5.11 Å². The van der Waals surface area contributed by atoms with E-state index in [1.54, 1.807) is 4.68 Å². The lowest BCUT2D eigenvalue weighted by atomic mass is 10.4. The molecule has 7 heteroatoms. The molecule has 0 bridgehead atoms. The van der Waals surface area contributed by atoms with Crippen LogP contribution in [0.2, 0.25) is 0 Å². The predicted molar refractivity (Wildman–Crippen MR) is 64.7 cm³/mol. The van der Waals surface area contributed by atoms with E-state index in [1.807, 2.05) is 13.8 Å². The third-order valence-electron chi connectivity index (χ3n) is 2.03. The maximum absolute atomic E-state index is 11.5. The molecule has 0 aliphatic rings. The van der Waals surface area contributed by atoms with Crippen LogP contribution in [0.15, 0.2) is 4.47 Å². The molecule has 0 amide bonds.